The Kier molecular flexibility index (Phi) is 5.71. The van der Waals surface area contributed by atoms with Crippen LogP contribution in [0.5, 0.6) is 0 Å². The summed E-state index contributed by atoms with van der Waals surface area (Å²) in [4.78, 5) is 30.8. The monoisotopic (exact) mass is 439 g/mol. The number of anilines is 1. The molecule has 0 radical (unpaired) electrons. The molecular weight excluding hydrogens is 418 g/mol. The summed E-state index contributed by atoms with van der Waals surface area (Å²) in [7, 11) is 0. The maximum atomic E-state index is 12.4. The number of hydrogen-bond donors (Lipinski definition) is 0. The molecule has 1 saturated heterocycles. The molecule has 2 aliphatic rings. The lowest BCUT2D eigenvalue weighted by molar-refractivity contribution is -0.114. The van der Waals surface area contributed by atoms with Gasteiger partial charge in [-0.05, 0) is 23.8 Å². The summed E-state index contributed by atoms with van der Waals surface area (Å²) in [6, 6.07) is 15.7. The summed E-state index contributed by atoms with van der Waals surface area (Å²) in [5.41, 5.74) is 2.42. The van der Waals surface area contributed by atoms with E-state index in [1.807, 2.05) is 24.3 Å². The van der Waals surface area contributed by atoms with E-state index in [2.05, 4.69) is 50.0 Å². The number of nitrogens with zero attached hydrogens (tertiary/aromatic N) is 3. The molecule has 0 atom stereocenters. The summed E-state index contributed by atoms with van der Waals surface area (Å²) >= 11 is 3.43. The van der Waals surface area contributed by atoms with E-state index in [-0.39, 0.29) is 0 Å². The number of fused-ring (bicyclic) bond motifs is 1. The predicted molar refractivity (Wildman–Crippen MR) is 114 cm³/mol. The Hall–Kier alpha value is -2.28. The molecule has 2 aromatic rings. The van der Waals surface area contributed by atoms with E-state index in [1.54, 1.807) is 17.0 Å². The van der Waals surface area contributed by atoms with E-state index in [0.717, 1.165) is 37.2 Å². The second kappa shape index (κ2) is 8.39. The first-order chi connectivity index (χ1) is 13.6. The third kappa shape index (κ3) is 4.09. The predicted octanol–water partition coefficient (Wildman–Crippen LogP) is 3.27. The number of amides is 1. The van der Waals surface area contributed by atoms with Crippen molar-refractivity contribution >= 4 is 39.4 Å². The van der Waals surface area contributed by atoms with Crippen LogP contribution in [0.25, 0.3) is 6.08 Å². The van der Waals surface area contributed by atoms with Gasteiger partial charge in [0, 0.05) is 37.2 Å². The first kappa shape index (κ1) is 19.1. The number of hydrogen-bond acceptors (Lipinski definition) is 4. The van der Waals surface area contributed by atoms with Gasteiger partial charge in [0.25, 0.3) is 5.78 Å². The van der Waals surface area contributed by atoms with Gasteiger partial charge in [-0.15, -0.1) is 0 Å². The highest BCUT2D eigenvalue weighted by Crippen LogP contribution is 2.31. The Labute approximate surface area is 173 Å². The van der Waals surface area contributed by atoms with Crippen LogP contribution < -0.4 is 4.90 Å². The Balaban J connectivity index is 1.31. The molecule has 0 bridgehead atoms. The maximum absolute atomic E-state index is 12.4. The first-order valence-corrected chi connectivity index (χ1v) is 10.2. The molecule has 2 aromatic carbocycles. The minimum absolute atomic E-state index is 0.410. The minimum Gasteiger partial charge on any atom is -0.297 e. The van der Waals surface area contributed by atoms with Crippen LogP contribution in [0.3, 0.4) is 0 Å². The van der Waals surface area contributed by atoms with Crippen LogP contribution in [0.4, 0.5) is 5.69 Å². The molecule has 28 heavy (non-hydrogen) atoms. The summed E-state index contributed by atoms with van der Waals surface area (Å²) in [5, 5.41) is 0. The van der Waals surface area contributed by atoms with E-state index in [4.69, 9.17) is 0 Å². The van der Waals surface area contributed by atoms with Crippen molar-refractivity contribution in [2.24, 2.45) is 0 Å². The molecule has 0 spiro atoms. The zero-order valence-corrected chi connectivity index (χ0v) is 17.1. The minimum atomic E-state index is -0.429. The zero-order chi connectivity index (χ0) is 19.5. The molecule has 0 aromatic heterocycles. The lowest BCUT2D eigenvalue weighted by atomic mass is 10.1. The topological polar surface area (TPSA) is 43.9 Å². The summed E-state index contributed by atoms with van der Waals surface area (Å²) in [6.45, 7) is 5.02. The largest absolute Gasteiger partial charge is 0.300 e. The smallest absolute Gasteiger partial charge is 0.297 e. The van der Waals surface area contributed by atoms with Crippen molar-refractivity contribution in [3.63, 3.8) is 0 Å². The van der Waals surface area contributed by atoms with E-state index >= 15 is 0 Å². The molecule has 1 fully saturated rings. The van der Waals surface area contributed by atoms with Crippen molar-refractivity contribution in [3.05, 3.63) is 70.2 Å². The molecule has 4 rings (SSSR count). The van der Waals surface area contributed by atoms with E-state index in [1.165, 1.54) is 5.56 Å². The normalized spacial score (nSPS) is 18.2. The summed E-state index contributed by atoms with van der Waals surface area (Å²) in [6.07, 6.45) is 4.34. The van der Waals surface area contributed by atoms with Crippen molar-refractivity contribution in [3.8, 4) is 0 Å². The lowest BCUT2D eigenvalue weighted by Gasteiger charge is -2.36. The molecule has 2 heterocycles. The number of ketones is 1. The lowest BCUT2D eigenvalue weighted by Crippen LogP contribution is -2.50. The van der Waals surface area contributed by atoms with Gasteiger partial charge in [0.1, 0.15) is 0 Å². The fraction of sp³-hybridized carbons (Fsp3) is 0.273. The molecule has 144 valence electrons. The molecular formula is C22H22BrN3O2. The highest BCUT2D eigenvalue weighted by molar-refractivity contribution is 9.10. The summed E-state index contributed by atoms with van der Waals surface area (Å²) < 4.78 is 0.869. The second-order valence-corrected chi connectivity index (χ2v) is 8.01. The van der Waals surface area contributed by atoms with Crippen LogP contribution in [0.1, 0.15) is 15.9 Å². The molecule has 0 N–H and O–H groups in total. The van der Waals surface area contributed by atoms with Crippen LogP contribution in [0.2, 0.25) is 0 Å². The van der Waals surface area contributed by atoms with Gasteiger partial charge >= 0.3 is 5.91 Å². The molecule has 0 unspecified atom stereocenters. The van der Waals surface area contributed by atoms with Crippen molar-refractivity contribution in [2.45, 2.75) is 0 Å². The molecule has 6 heteroatoms. The molecule has 5 nitrogen and oxygen atoms in total. The quantitative estimate of drug-likeness (QED) is 0.670. The first-order valence-electron chi connectivity index (χ1n) is 9.44. The van der Waals surface area contributed by atoms with Gasteiger partial charge < -0.3 is 0 Å². The molecule has 0 aliphatic carbocycles. The average molecular weight is 440 g/mol. The van der Waals surface area contributed by atoms with E-state index < -0.39 is 11.7 Å². The Morgan fingerprint density at radius 1 is 0.929 bits per heavy atom. The molecule has 0 saturated carbocycles. The standard InChI is InChI=1S/C22H22BrN3O2/c23-18-8-9-19-20(15-18)26(22(28)21(19)27)16-25-13-11-24(12-14-25)10-4-7-17-5-2-1-3-6-17/h1-9,15H,10-14,16H2/b7-4+. The second-order valence-electron chi connectivity index (χ2n) is 7.10. The van der Waals surface area contributed by atoms with Gasteiger partial charge in [0.15, 0.2) is 0 Å². The fourth-order valence-electron chi connectivity index (χ4n) is 3.62. The Bertz CT molecular complexity index is 905. The van der Waals surface area contributed by atoms with Crippen molar-refractivity contribution in [2.75, 3.05) is 44.3 Å². The highest BCUT2D eigenvalue weighted by Gasteiger charge is 2.36. The molecule has 1 amide bonds. The van der Waals surface area contributed by atoms with Gasteiger partial charge in [-0.1, -0.05) is 58.4 Å². The summed E-state index contributed by atoms with van der Waals surface area (Å²) in [5.74, 6) is -0.839. The van der Waals surface area contributed by atoms with E-state index in [9.17, 15) is 9.59 Å². The van der Waals surface area contributed by atoms with Gasteiger partial charge in [-0.25, -0.2) is 0 Å². The van der Waals surface area contributed by atoms with Gasteiger partial charge in [0.2, 0.25) is 0 Å². The van der Waals surface area contributed by atoms with Crippen LogP contribution in [-0.2, 0) is 4.79 Å². The molecule has 2 aliphatic heterocycles. The number of piperazine rings is 1. The van der Waals surface area contributed by atoms with Crippen LogP contribution in [0, 0.1) is 0 Å². The number of Topliss-reactive ketones (excluding diaryl/α,β-unsaturated/α-hetero) is 1. The highest BCUT2D eigenvalue weighted by atomic mass is 79.9. The fourth-order valence-corrected chi connectivity index (χ4v) is 3.97. The van der Waals surface area contributed by atoms with Gasteiger partial charge in [-0.3, -0.25) is 24.3 Å². The SMILES string of the molecule is O=C1C(=O)N(CN2CCN(C/C=C/c3ccccc3)CC2)c2cc(Br)ccc21. The third-order valence-electron chi connectivity index (χ3n) is 5.21. The van der Waals surface area contributed by atoms with Crippen LogP contribution in [0.15, 0.2) is 59.1 Å². The Morgan fingerprint density at radius 2 is 1.64 bits per heavy atom. The number of carbonyl (C=O) groups is 2. The van der Waals surface area contributed by atoms with Gasteiger partial charge in [0.05, 0.1) is 17.9 Å². The van der Waals surface area contributed by atoms with Crippen molar-refractivity contribution in [1.82, 2.24) is 9.80 Å². The number of benzene rings is 2. The van der Waals surface area contributed by atoms with Crippen molar-refractivity contribution < 1.29 is 9.59 Å². The van der Waals surface area contributed by atoms with Crippen LogP contribution >= 0.6 is 15.9 Å². The zero-order valence-electron chi connectivity index (χ0n) is 15.6. The van der Waals surface area contributed by atoms with E-state index in [0.29, 0.717) is 17.9 Å². The van der Waals surface area contributed by atoms with Gasteiger partial charge in [-0.2, -0.15) is 0 Å². The third-order valence-corrected chi connectivity index (χ3v) is 5.71. The van der Waals surface area contributed by atoms with Crippen LogP contribution in [-0.4, -0.2) is 60.9 Å². The number of carbonyl (C=O) groups excluding carboxylic acids is 2. The average Bonchev–Trinajstić information content (AvgIpc) is 2.94. The Morgan fingerprint density at radius 3 is 2.39 bits per heavy atom. The van der Waals surface area contributed by atoms with Crippen molar-refractivity contribution in [1.29, 1.82) is 0 Å². The number of rotatable bonds is 5. The maximum Gasteiger partial charge on any atom is 0.300 e. The number of halogens is 1.